The fourth-order valence-electron chi connectivity index (χ4n) is 2.24. The third kappa shape index (κ3) is 2.28. The van der Waals surface area contributed by atoms with Gasteiger partial charge in [0.1, 0.15) is 0 Å². The van der Waals surface area contributed by atoms with E-state index in [1.807, 2.05) is 32.2 Å². The summed E-state index contributed by atoms with van der Waals surface area (Å²) in [7, 11) is -1.30. The van der Waals surface area contributed by atoms with Gasteiger partial charge in [-0.2, -0.15) is 0 Å². The fourth-order valence-corrected chi connectivity index (χ4v) is 4.00. The van der Waals surface area contributed by atoms with E-state index in [0.717, 1.165) is 36.1 Å². The highest BCUT2D eigenvalue weighted by atomic mass is 32.2. The molecule has 0 saturated carbocycles. The summed E-state index contributed by atoms with van der Waals surface area (Å²) in [5.74, 6) is 0. The van der Waals surface area contributed by atoms with Crippen molar-refractivity contribution in [2.24, 2.45) is 0 Å². The Balaban J connectivity index is 2.37. The predicted octanol–water partition coefficient (Wildman–Crippen LogP) is 2.12. The van der Waals surface area contributed by atoms with Crippen LogP contribution in [-0.4, -0.2) is 22.0 Å². The van der Waals surface area contributed by atoms with Crippen LogP contribution < -0.4 is 5.32 Å². The number of aryl methyl sites for hydroxylation is 1. The zero-order chi connectivity index (χ0) is 12.5. The molecule has 92 valence electrons. The predicted molar refractivity (Wildman–Crippen MR) is 69.5 cm³/mol. The van der Waals surface area contributed by atoms with Gasteiger partial charge in [0.25, 0.3) is 0 Å². The summed E-state index contributed by atoms with van der Waals surface area (Å²) >= 11 is 0. The number of benzene rings is 1. The zero-order valence-corrected chi connectivity index (χ0v) is 11.0. The molecule has 2 rings (SSSR count). The van der Waals surface area contributed by atoms with E-state index in [0.29, 0.717) is 4.90 Å². The van der Waals surface area contributed by atoms with Crippen LogP contribution in [0.1, 0.15) is 24.0 Å². The number of fused-ring (bicyclic) bond motifs is 1. The van der Waals surface area contributed by atoms with Gasteiger partial charge in [0.2, 0.25) is 9.84 Å². The standard InChI is InChI=1S/C13H17NO2S/c1-10-5-3-7-12-11(6-4-8-14-2)9-17(15,16)13(10)12/h3,5,7,9,14H,4,6,8H2,1-2H3. The number of sulfone groups is 1. The number of hydrogen-bond acceptors (Lipinski definition) is 3. The SMILES string of the molecule is CNCCCC1=CS(=O)(=O)c2c(C)cccc21. The van der Waals surface area contributed by atoms with Gasteiger partial charge >= 0.3 is 0 Å². The van der Waals surface area contributed by atoms with Gasteiger partial charge in [-0.3, -0.25) is 0 Å². The van der Waals surface area contributed by atoms with Crippen LogP contribution in [0.2, 0.25) is 0 Å². The molecule has 4 heteroatoms. The average molecular weight is 251 g/mol. The summed E-state index contributed by atoms with van der Waals surface area (Å²) in [6.45, 7) is 2.75. The first-order chi connectivity index (χ1) is 8.06. The molecule has 0 aromatic heterocycles. The van der Waals surface area contributed by atoms with Crippen molar-refractivity contribution in [3.8, 4) is 0 Å². The van der Waals surface area contributed by atoms with Crippen molar-refractivity contribution < 1.29 is 8.42 Å². The highest BCUT2D eigenvalue weighted by Gasteiger charge is 2.27. The van der Waals surface area contributed by atoms with Crippen molar-refractivity contribution in [1.29, 1.82) is 0 Å². The van der Waals surface area contributed by atoms with Gasteiger partial charge in [0.15, 0.2) is 0 Å². The van der Waals surface area contributed by atoms with Crippen molar-refractivity contribution >= 4 is 15.4 Å². The molecule has 0 fully saturated rings. The van der Waals surface area contributed by atoms with Crippen molar-refractivity contribution in [3.63, 3.8) is 0 Å². The first-order valence-corrected chi connectivity index (χ1v) is 7.31. The first kappa shape index (κ1) is 12.3. The third-order valence-electron chi connectivity index (χ3n) is 3.01. The van der Waals surface area contributed by atoms with Gasteiger partial charge in [0, 0.05) is 5.41 Å². The second kappa shape index (κ2) is 4.63. The molecular weight excluding hydrogens is 234 g/mol. The lowest BCUT2D eigenvalue weighted by Crippen LogP contribution is -2.07. The molecule has 0 saturated heterocycles. The molecule has 0 bridgehead atoms. The summed E-state index contributed by atoms with van der Waals surface area (Å²) < 4.78 is 24.0. The molecule has 0 aliphatic carbocycles. The Morgan fingerprint density at radius 2 is 2.06 bits per heavy atom. The van der Waals surface area contributed by atoms with Crippen molar-refractivity contribution in [2.45, 2.75) is 24.7 Å². The lowest BCUT2D eigenvalue weighted by molar-refractivity contribution is 0.605. The molecule has 1 aliphatic rings. The van der Waals surface area contributed by atoms with Crippen molar-refractivity contribution in [3.05, 3.63) is 34.7 Å². The van der Waals surface area contributed by atoms with E-state index in [1.54, 1.807) is 0 Å². The molecule has 1 aliphatic heterocycles. The van der Waals surface area contributed by atoms with E-state index in [4.69, 9.17) is 0 Å². The molecule has 0 unspecified atom stereocenters. The summed E-state index contributed by atoms with van der Waals surface area (Å²) in [6.07, 6.45) is 1.75. The Bertz CT molecular complexity index is 559. The topological polar surface area (TPSA) is 46.2 Å². The smallest absolute Gasteiger partial charge is 0.200 e. The Morgan fingerprint density at radius 1 is 1.29 bits per heavy atom. The van der Waals surface area contributed by atoms with Gasteiger partial charge < -0.3 is 5.32 Å². The largest absolute Gasteiger partial charge is 0.320 e. The fraction of sp³-hybridized carbons (Fsp3) is 0.385. The molecule has 1 aromatic carbocycles. The minimum absolute atomic E-state index is 0.499. The Morgan fingerprint density at radius 3 is 2.76 bits per heavy atom. The quantitative estimate of drug-likeness (QED) is 0.834. The molecule has 0 amide bonds. The van der Waals surface area contributed by atoms with Crippen molar-refractivity contribution in [2.75, 3.05) is 13.6 Å². The maximum absolute atomic E-state index is 12.0. The van der Waals surface area contributed by atoms with Gasteiger partial charge in [-0.15, -0.1) is 0 Å². The van der Waals surface area contributed by atoms with E-state index in [2.05, 4.69) is 5.32 Å². The van der Waals surface area contributed by atoms with Crippen LogP contribution in [0.15, 0.2) is 28.5 Å². The molecular formula is C13H17NO2S. The van der Waals surface area contributed by atoms with E-state index >= 15 is 0 Å². The lowest BCUT2D eigenvalue weighted by Gasteiger charge is -2.06. The molecule has 0 radical (unpaired) electrons. The lowest BCUT2D eigenvalue weighted by atomic mass is 10.0. The second-order valence-corrected chi connectivity index (χ2v) is 6.08. The van der Waals surface area contributed by atoms with E-state index < -0.39 is 9.84 Å². The van der Waals surface area contributed by atoms with Crippen LogP contribution >= 0.6 is 0 Å². The summed E-state index contributed by atoms with van der Waals surface area (Å²) in [5, 5.41) is 4.50. The van der Waals surface area contributed by atoms with Crippen LogP contribution in [0, 0.1) is 6.92 Å². The normalized spacial score (nSPS) is 16.7. The van der Waals surface area contributed by atoms with Gasteiger partial charge in [-0.25, -0.2) is 8.42 Å². The second-order valence-electron chi connectivity index (χ2n) is 4.35. The number of allylic oxidation sites excluding steroid dienone is 1. The minimum atomic E-state index is -3.21. The van der Waals surface area contributed by atoms with Gasteiger partial charge in [-0.1, -0.05) is 18.2 Å². The number of rotatable bonds is 4. The van der Waals surface area contributed by atoms with E-state index in [-0.39, 0.29) is 0 Å². The summed E-state index contributed by atoms with van der Waals surface area (Å²) in [5.41, 5.74) is 2.67. The molecule has 0 atom stereocenters. The Kier molecular flexibility index (Phi) is 3.35. The van der Waals surface area contributed by atoms with Gasteiger partial charge in [-0.05, 0) is 50.1 Å². The monoisotopic (exact) mass is 251 g/mol. The maximum Gasteiger partial charge on any atom is 0.200 e. The van der Waals surface area contributed by atoms with E-state index in [1.165, 1.54) is 5.41 Å². The molecule has 1 N–H and O–H groups in total. The third-order valence-corrected chi connectivity index (χ3v) is 4.72. The van der Waals surface area contributed by atoms with Crippen LogP contribution in [0.3, 0.4) is 0 Å². The minimum Gasteiger partial charge on any atom is -0.320 e. The van der Waals surface area contributed by atoms with Crippen LogP contribution in [0.5, 0.6) is 0 Å². The Hall–Kier alpha value is -1.13. The summed E-state index contributed by atoms with van der Waals surface area (Å²) in [6, 6.07) is 5.67. The molecule has 17 heavy (non-hydrogen) atoms. The number of nitrogens with one attached hydrogen (secondary N) is 1. The maximum atomic E-state index is 12.0. The number of hydrogen-bond donors (Lipinski definition) is 1. The highest BCUT2D eigenvalue weighted by molar-refractivity contribution is 7.95. The van der Waals surface area contributed by atoms with Crippen LogP contribution in [-0.2, 0) is 9.84 Å². The highest BCUT2D eigenvalue weighted by Crippen LogP contribution is 2.37. The summed E-state index contributed by atoms with van der Waals surface area (Å²) in [4.78, 5) is 0.499. The molecule has 3 nitrogen and oxygen atoms in total. The van der Waals surface area contributed by atoms with Crippen molar-refractivity contribution in [1.82, 2.24) is 5.32 Å². The molecule has 1 aromatic rings. The van der Waals surface area contributed by atoms with Crippen LogP contribution in [0.4, 0.5) is 0 Å². The Labute approximate surface area is 102 Å². The first-order valence-electron chi connectivity index (χ1n) is 5.76. The molecule has 1 heterocycles. The van der Waals surface area contributed by atoms with Gasteiger partial charge in [0.05, 0.1) is 4.90 Å². The van der Waals surface area contributed by atoms with E-state index in [9.17, 15) is 8.42 Å². The zero-order valence-electron chi connectivity index (χ0n) is 10.2. The average Bonchev–Trinajstić information content (AvgIpc) is 2.52. The van der Waals surface area contributed by atoms with Crippen LogP contribution in [0.25, 0.3) is 5.57 Å². The molecule has 0 spiro atoms.